The molecule has 1 aliphatic carbocycles. The number of hydrogen-bond donors (Lipinski definition) is 3. The maximum absolute atomic E-state index is 12.4. The number of amides is 1. The fraction of sp³-hybridized carbons (Fsp3) is 0.214. The number of phenols is 1. The van der Waals surface area contributed by atoms with E-state index < -0.39 is 0 Å². The Morgan fingerprint density at radius 2 is 2.12 bits per heavy atom. The maximum atomic E-state index is 12.4. The number of carbonyl (C=O) groups is 1. The van der Waals surface area contributed by atoms with Gasteiger partial charge in [-0.3, -0.25) is 4.79 Å². The van der Waals surface area contributed by atoms with Crippen LogP contribution in [0.4, 0.5) is 0 Å². The highest BCUT2D eigenvalue weighted by molar-refractivity contribution is 5.92. The number of benzene rings is 1. The summed E-state index contributed by atoms with van der Waals surface area (Å²) in [6.45, 7) is 10.5. The molecule has 3 rings (SSSR count). The van der Waals surface area contributed by atoms with Gasteiger partial charge in [-0.2, -0.15) is 0 Å². The van der Waals surface area contributed by atoms with Gasteiger partial charge in [-0.25, -0.2) is 4.98 Å². The maximum Gasteiger partial charge on any atom is 0.269 e. The number of phenolic OH excluding ortho intramolecular Hbond substituents is 1. The van der Waals surface area contributed by atoms with Gasteiger partial charge in [-0.1, -0.05) is 69.0 Å². The minimum Gasteiger partial charge on any atom is -0.508 e. The highest BCUT2D eigenvalue weighted by Gasteiger charge is 2.10. The van der Waals surface area contributed by atoms with Gasteiger partial charge in [0.2, 0.25) is 0 Å². The molecule has 1 heterocycles. The number of ether oxygens (including phenoxy) is 1. The number of aromatic amines is 1. The standard InChI is InChI=1S/C26H27N3O3.C2H6/c1-3-23(32-18-20-9-6-4-5-7-10-20)14-13-19(2)25-27-17-24(29-25)26(31)28-16-21-11-8-12-22(30)15-21;1-2/h3-6,8-15,17,30H,1,7,16,18H2,2H3,(H,27,29)(H,28,31);1-2H3/b19-13+,23-14+;. The Morgan fingerprint density at radius 1 is 1.29 bits per heavy atom. The fourth-order valence-corrected chi connectivity index (χ4v) is 2.94. The van der Waals surface area contributed by atoms with Gasteiger partial charge in [0, 0.05) is 6.54 Å². The number of carbonyl (C=O) groups excluding carboxylic acids is 1. The van der Waals surface area contributed by atoms with Crippen LogP contribution in [0.15, 0.2) is 97.0 Å². The van der Waals surface area contributed by atoms with E-state index in [9.17, 15) is 9.90 Å². The summed E-state index contributed by atoms with van der Waals surface area (Å²) in [6, 6.07) is 6.75. The highest BCUT2D eigenvalue weighted by atomic mass is 16.5. The molecule has 0 aliphatic heterocycles. The molecule has 1 aromatic carbocycles. The first-order chi connectivity index (χ1) is 16.5. The third-order valence-corrected chi connectivity index (χ3v) is 4.74. The number of hydrogen-bond acceptors (Lipinski definition) is 4. The molecule has 6 nitrogen and oxygen atoms in total. The molecule has 0 unspecified atom stereocenters. The lowest BCUT2D eigenvalue weighted by atomic mass is 10.2. The number of aromatic hydroxyl groups is 1. The zero-order valence-electron chi connectivity index (χ0n) is 20.0. The molecule has 0 fully saturated rings. The number of nitrogens with one attached hydrogen (secondary N) is 2. The van der Waals surface area contributed by atoms with Crippen molar-refractivity contribution < 1.29 is 14.6 Å². The number of nitrogens with zero attached hydrogens (tertiary/aromatic N) is 1. The van der Waals surface area contributed by atoms with Crippen molar-refractivity contribution in [3.63, 3.8) is 0 Å². The Balaban J connectivity index is 0.00000199. The molecule has 0 saturated carbocycles. The lowest BCUT2D eigenvalue weighted by Crippen LogP contribution is -2.23. The SMILES string of the molecule is C=C/C(=C\C=C(/C)c1ncc(C(=O)NCc2cccc(O)c2)[nH]1)OCC1=CCC=CC=C1.CC. The molecule has 1 aliphatic rings. The molecule has 0 spiro atoms. The minimum atomic E-state index is -0.273. The molecule has 34 heavy (non-hydrogen) atoms. The van der Waals surface area contributed by atoms with Gasteiger partial charge in [0.1, 0.15) is 29.6 Å². The van der Waals surface area contributed by atoms with Crippen molar-refractivity contribution in [1.29, 1.82) is 0 Å². The van der Waals surface area contributed by atoms with E-state index >= 15 is 0 Å². The molecule has 0 radical (unpaired) electrons. The van der Waals surface area contributed by atoms with Crippen LogP contribution in [0.2, 0.25) is 0 Å². The third kappa shape index (κ3) is 8.47. The Kier molecular flexibility index (Phi) is 10.9. The molecule has 1 aromatic heterocycles. The summed E-state index contributed by atoms with van der Waals surface area (Å²) >= 11 is 0. The van der Waals surface area contributed by atoms with Crippen LogP contribution in [-0.2, 0) is 11.3 Å². The van der Waals surface area contributed by atoms with Crippen molar-refractivity contribution >= 4 is 11.5 Å². The van der Waals surface area contributed by atoms with Crippen LogP contribution in [0, 0.1) is 0 Å². The summed E-state index contributed by atoms with van der Waals surface area (Å²) in [5.74, 6) is 1.13. The second-order valence-corrected chi connectivity index (χ2v) is 7.21. The summed E-state index contributed by atoms with van der Waals surface area (Å²) in [5, 5.41) is 12.3. The van der Waals surface area contributed by atoms with Crippen LogP contribution < -0.4 is 5.32 Å². The van der Waals surface area contributed by atoms with Gasteiger partial charge in [0.15, 0.2) is 0 Å². The zero-order valence-corrected chi connectivity index (χ0v) is 20.0. The van der Waals surface area contributed by atoms with E-state index in [4.69, 9.17) is 4.74 Å². The predicted octanol–water partition coefficient (Wildman–Crippen LogP) is 6.00. The average Bonchev–Trinajstić information content (AvgIpc) is 3.21. The van der Waals surface area contributed by atoms with Gasteiger partial charge in [0.25, 0.3) is 5.91 Å². The van der Waals surface area contributed by atoms with Crippen molar-refractivity contribution in [2.24, 2.45) is 0 Å². The summed E-state index contributed by atoms with van der Waals surface area (Å²) in [7, 11) is 0. The van der Waals surface area contributed by atoms with E-state index in [0.29, 0.717) is 30.4 Å². The number of aromatic nitrogens is 2. The van der Waals surface area contributed by atoms with Crippen LogP contribution in [0.3, 0.4) is 0 Å². The Morgan fingerprint density at radius 3 is 2.88 bits per heavy atom. The first-order valence-corrected chi connectivity index (χ1v) is 11.3. The molecular weight excluding hydrogens is 426 g/mol. The first-order valence-electron chi connectivity index (χ1n) is 11.3. The monoisotopic (exact) mass is 459 g/mol. The summed E-state index contributed by atoms with van der Waals surface area (Å²) < 4.78 is 5.84. The number of H-pyrrole nitrogens is 1. The lowest BCUT2D eigenvalue weighted by molar-refractivity contribution is 0.0946. The summed E-state index contributed by atoms with van der Waals surface area (Å²) in [5.41, 5.74) is 3.12. The molecule has 6 heteroatoms. The quantitative estimate of drug-likeness (QED) is 0.317. The van der Waals surface area contributed by atoms with Gasteiger partial charge in [0.05, 0.1) is 6.20 Å². The molecule has 3 N–H and O–H groups in total. The van der Waals surface area contributed by atoms with E-state index in [1.54, 1.807) is 24.3 Å². The van der Waals surface area contributed by atoms with Gasteiger partial charge in [-0.15, -0.1) is 0 Å². The van der Waals surface area contributed by atoms with Gasteiger partial charge >= 0.3 is 0 Å². The molecule has 178 valence electrons. The van der Waals surface area contributed by atoms with Crippen molar-refractivity contribution in [2.75, 3.05) is 6.61 Å². The molecule has 2 aromatic rings. The highest BCUT2D eigenvalue weighted by Crippen LogP contribution is 2.14. The van der Waals surface area contributed by atoms with E-state index in [-0.39, 0.29) is 11.7 Å². The molecule has 0 bridgehead atoms. The molecule has 0 saturated heterocycles. The van der Waals surface area contributed by atoms with Crippen molar-refractivity contribution in [2.45, 2.75) is 33.7 Å². The number of allylic oxidation sites excluding steroid dienone is 8. The van der Waals surface area contributed by atoms with Gasteiger partial charge in [-0.05, 0) is 54.3 Å². The van der Waals surface area contributed by atoms with Crippen LogP contribution >= 0.6 is 0 Å². The largest absolute Gasteiger partial charge is 0.508 e. The number of rotatable bonds is 9. The van der Waals surface area contributed by atoms with Crippen LogP contribution in [-0.4, -0.2) is 27.6 Å². The van der Waals surface area contributed by atoms with E-state index in [1.165, 1.54) is 6.20 Å². The van der Waals surface area contributed by atoms with Crippen molar-refractivity contribution in [3.05, 3.63) is 114 Å². The first kappa shape index (κ1) is 26.2. The normalized spacial score (nSPS) is 13.3. The van der Waals surface area contributed by atoms with Gasteiger partial charge < -0.3 is 20.1 Å². The van der Waals surface area contributed by atoms with E-state index in [0.717, 1.165) is 23.1 Å². The van der Waals surface area contributed by atoms with E-state index in [1.807, 2.05) is 57.2 Å². The molecular formula is C28H33N3O3. The van der Waals surface area contributed by atoms with Crippen LogP contribution in [0.1, 0.15) is 49.1 Å². The predicted molar refractivity (Wildman–Crippen MR) is 138 cm³/mol. The average molecular weight is 460 g/mol. The number of imidazole rings is 1. The zero-order chi connectivity index (χ0) is 24.8. The van der Waals surface area contributed by atoms with Crippen LogP contribution in [0.5, 0.6) is 5.75 Å². The van der Waals surface area contributed by atoms with E-state index in [2.05, 4.69) is 34.0 Å². The Hall–Kier alpha value is -4.06. The molecule has 1 amide bonds. The minimum absolute atomic E-state index is 0.164. The second kappa shape index (κ2) is 14.2. The summed E-state index contributed by atoms with van der Waals surface area (Å²) in [4.78, 5) is 19.7. The molecule has 0 atom stereocenters. The third-order valence-electron chi connectivity index (χ3n) is 4.74. The smallest absolute Gasteiger partial charge is 0.269 e. The Bertz CT molecular complexity index is 1120. The summed E-state index contributed by atoms with van der Waals surface area (Å²) in [6.07, 6.45) is 18.0. The fourth-order valence-electron chi connectivity index (χ4n) is 2.94. The van der Waals surface area contributed by atoms with Crippen molar-refractivity contribution in [3.8, 4) is 5.75 Å². The Labute approximate surface area is 201 Å². The topological polar surface area (TPSA) is 87.2 Å². The van der Waals surface area contributed by atoms with Crippen LogP contribution in [0.25, 0.3) is 5.57 Å². The van der Waals surface area contributed by atoms with Crippen molar-refractivity contribution in [1.82, 2.24) is 15.3 Å². The second-order valence-electron chi connectivity index (χ2n) is 7.21. The lowest BCUT2D eigenvalue weighted by Gasteiger charge is -2.07.